The van der Waals surface area contributed by atoms with Crippen LogP contribution in [-0.4, -0.2) is 6.18 Å². The maximum absolute atomic E-state index is 12.6. The molecule has 0 N–H and O–H groups in total. The Kier molecular flexibility index (Phi) is 4.62. The second-order valence-corrected chi connectivity index (χ2v) is 5.44. The van der Waals surface area contributed by atoms with E-state index >= 15 is 0 Å². The lowest BCUT2D eigenvalue weighted by molar-refractivity contribution is -0.127. The van der Waals surface area contributed by atoms with Gasteiger partial charge in [0.2, 0.25) is 0 Å². The van der Waals surface area contributed by atoms with Gasteiger partial charge in [0.1, 0.15) is 0 Å². The van der Waals surface area contributed by atoms with Gasteiger partial charge in [-0.1, -0.05) is 36.7 Å². The predicted molar refractivity (Wildman–Crippen MR) is 79.6 cm³/mol. The fraction of sp³-hybridized carbons (Fsp3) is 0.294. The molecule has 0 aliphatic heterocycles. The molecule has 0 bridgehead atoms. The number of hydrogen-bond acceptors (Lipinski definition) is 0. The van der Waals surface area contributed by atoms with Gasteiger partial charge in [0, 0.05) is 5.02 Å². The standard InChI is InChI=1S/C17H15ClF3/c1-3-13-6-5-12(10-17(19,20)21)8-16(13)15-9-14(18)7-4-11(15)2/h4-5,7-9H,3,10H2,1-2H3. The maximum atomic E-state index is 12.6. The maximum Gasteiger partial charge on any atom is 0.393 e. The summed E-state index contributed by atoms with van der Waals surface area (Å²) in [5.74, 6) is 0. The van der Waals surface area contributed by atoms with Crippen molar-refractivity contribution in [3.8, 4) is 11.1 Å². The summed E-state index contributed by atoms with van der Waals surface area (Å²) in [4.78, 5) is 0. The molecule has 0 aliphatic carbocycles. The van der Waals surface area contributed by atoms with Gasteiger partial charge in [-0.05, 0) is 59.4 Å². The summed E-state index contributed by atoms with van der Waals surface area (Å²) in [7, 11) is 0. The highest BCUT2D eigenvalue weighted by molar-refractivity contribution is 6.30. The number of hydrogen-bond donors (Lipinski definition) is 0. The first-order valence-corrected chi connectivity index (χ1v) is 7.04. The molecule has 0 amide bonds. The van der Waals surface area contributed by atoms with Crippen LogP contribution < -0.4 is 0 Å². The Bertz CT molecular complexity index is 645. The molecule has 0 saturated heterocycles. The van der Waals surface area contributed by atoms with E-state index in [1.165, 1.54) is 6.07 Å². The van der Waals surface area contributed by atoms with E-state index in [1.807, 2.05) is 19.9 Å². The molecule has 0 atom stereocenters. The lowest BCUT2D eigenvalue weighted by Gasteiger charge is -2.14. The van der Waals surface area contributed by atoms with Crippen molar-refractivity contribution < 1.29 is 13.2 Å². The monoisotopic (exact) mass is 311 g/mol. The van der Waals surface area contributed by atoms with E-state index < -0.39 is 12.6 Å². The van der Waals surface area contributed by atoms with Crippen LogP contribution in [0.2, 0.25) is 5.02 Å². The zero-order valence-corrected chi connectivity index (χ0v) is 12.6. The molecule has 1 radical (unpaired) electrons. The van der Waals surface area contributed by atoms with E-state index in [0.717, 1.165) is 22.3 Å². The zero-order chi connectivity index (χ0) is 15.6. The van der Waals surface area contributed by atoms with Crippen LogP contribution in [0.25, 0.3) is 11.1 Å². The molecular formula is C17H15ClF3. The number of rotatable bonds is 3. The van der Waals surface area contributed by atoms with Gasteiger partial charge in [-0.15, -0.1) is 0 Å². The second kappa shape index (κ2) is 6.10. The summed E-state index contributed by atoms with van der Waals surface area (Å²) >= 11 is 6.02. The van der Waals surface area contributed by atoms with Crippen LogP contribution in [-0.2, 0) is 12.8 Å². The van der Waals surface area contributed by atoms with Gasteiger partial charge < -0.3 is 0 Å². The molecule has 0 nitrogen and oxygen atoms in total. The smallest absolute Gasteiger partial charge is 0.171 e. The van der Waals surface area contributed by atoms with Crippen LogP contribution >= 0.6 is 11.6 Å². The first-order chi connectivity index (χ1) is 9.80. The molecule has 0 aromatic heterocycles. The van der Waals surface area contributed by atoms with E-state index in [0.29, 0.717) is 11.4 Å². The minimum atomic E-state index is -4.22. The molecule has 4 heteroatoms. The third-order valence-electron chi connectivity index (χ3n) is 3.33. The summed E-state index contributed by atoms with van der Waals surface area (Å²) in [5.41, 5.74) is 3.73. The Labute approximate surface area is 127 Å². The third-order valence-corrected chi connectivity index (χ3v) is 3.57. The number of aryl methyl sites for hydroxylation is 2. The second-order valence-electron chi connectivity index (χ2n) is 5.00. The molecule has 111 valence electrons. The average Bonchev–Trinajstić information content (AvgIpc) is 2.39. The molecule has 0 aliphatic rings. The highest BCUT2D eigenvalue weighted by Gasteiger charge is 2.28. The van der Waals surface area contributed by atoms with Gasteiger partial charge in [0.25, 0.3) is 0 Å². The summed E-state index contributed by atoms with van der Waals surface area (Å²) < 4.78 is 37.7. The minimum absolute atomic E-state index is 0.217. The number of benzene rings is 2. The highest BCUT2D eigenvalue weighted by Crippen LogP contribution is 2.32. The molecule has 2 aromatic carbocycles. The Morgan fingerprint density at radius 2 is 1.86 bits per heavy atom. The Morgan fingerprint density at radius 1 is 1.14 bits per heavy atom. The van der Waals surface area contributed by atoms with Gasteiger partial charge >= 0.3 is 6.18 Å². The Hall–Kier alpha value is -1.48. The van der Waals surface area contributed by atoms with Crippen LogP contribution in [0.4, 0.5) is 13.2 Å². The van der Waals surface area contributed by atoms with E-state index in [1.54, 1.807) is 18.2 Å². The molecule has 21 heavy (non-hydrogen) atoms. The SMILES string of the molecule is CCc1[c]cc(CC(F)(F)F)cc1-c1cc(Cl)ccc1C. The van der Waals surface area contributed by atoms with Crippen LogP contribution in [0, 0.1) is 13.0 Å². The van der Waals surface area contributed by atoms with Crippen molar-refractivity contribution in [1.29, 1.82) is 0 Å². The van der Waals surface area contributed by atoms with Crippen LogP contribution in [0.3, 0.4) is 0 Å². The Balaban J connectivity index is 2.55. The fourth-order valence-electron chi connectivity index (χ4n) is 2.32. The summed E-state index contributed by atoms with van der Waals surface area (Å²) in [6.07, 6.45) is -4.46. The molecule has 0 fully saturated rings. The molecule has 0 saturated carbocycles. The molecule has 0 heterocycles. The lowest BCUT2D eigenvalue weighted by Crippen LogP contribution is -2.11. The molecule has 2 rings (SSSR count). The molecule has 2 aromatic rings. The first kappa shape index (κ1) is 15.9. The normalized spacial score (nSPS) is 11.7. The lowest BCUT2D eigenvalue weighted by atomic mass is 9.92. The Morgan fingerprint density at radius 3 is 2.48 bits per heavy atom. The van der Waals surface area contributed by atoms with Gasteiger partial charge in [-0.3, -0.25) is 0 Å². The van der Waals surface area contributed by atoms with Crippen molar-refractivity contribution in [2.75, 3.05) is 0 Å². The van der Waals surface area contributed by atoms with E-state index in [9.17, 15) is 13.2 Å². The van der Waals surface area contributed by atoms with E-state index in [-0.39, 0.29) is 5.56 Å². The topological polar surface area (TPSA) is 0 Å². The fourth-order valence-corrected chi connectivity index (χ4v) is 2.49. The quantitative estimate of drug-likeness (QED) is 0.673. The number of alkyl halides is 3. The van der Waals surface area contributed by atoms with E-state index in [2.05, 4.69) is 6.07 Å². The van der Waals surface area contributed by atoms with Crippen LogP contribution in [0.1, 0.15) is 23.6 Å². The van der Waals surface area contributed by atoms with Crippen molar-refractivity contribution in [3.63, 3.8) is 0 Å². The van der Waals surface area contributed by atoms with Gasteiger partial charge in [0.15, 0.2) is 0 Å². The third kappa shape index (κ3) is 4.01. The van der Waals surface area contributed by atoms with Gasteiger partial charge in [0.05, 0.1) is 6.42 Å². The molecule has 0 spiro atoms. The molecular weight excluding hydrogens is 297 g/mol. The van der Waals surface area contributed by atoms with E-state index in [4.69, 9.17) is 11.6 Å². The van der Waals surface area contributed by atoms with Crippen molar-refractivity contribution in [1.82, 2.24) is 0 Å². The largest absolute Gasteiger partial charge is 0.393 e. The molecule has 0 unspecified atom stereocenters. The van der Waals surface area contributed by atoms with Gasteiger partial charge in [-0.25, -0.2) is 0 Å². The highest BCUT2D eigenvalue weighted by atomic mass is 35.5. The van der Waals surface area contributed by atoms with Crippen molar-refractivity contribution in [3.05, 3.63) is 58.1 Å². The van der Waals surface area contributed by atoms with Crippen molar-refractivity contribution in [2.45, 2.75) is 32.9 Å². The summed E-state index contributed by atoms with van der Waals surface area (Å²) in [6.45, 7) is 3.88. The van der Waals surface area contributed by atoms with Crippen molar-refractivity contribution >= 4 is 11.6 Å². The summed E-state index contributed by atoms with van der Waals surface area (Å²) in [6, 6.07) is 11.4. The first-order valence-electron chi connectivity index (χ1n) is 6.67. The van der Waals surface area contributed by atoms with Crippen LogP contribution in [0.15, 0.2) is 30.3 Å². The van der Waals surface area contributed by atoms with Gasteiger partial charge in [-0.2, -0.15) is 13.2 Å². The van der Waals surface area contributed by atoms with Crippen LogP contribution in [0.5, 0.6) is 0 Å². The number of halogens is 4. The van der Waals surface area contributed by atoms with Crippen molar-refractivity contribution in [2.24, 2.45) is 0 Å². The predicted octanol–water partition coefficient (Wildman–Crippen LogP) is 5.78. The average molecular weight is 312 g/mol. The summed E-state index contributed by atoms with van der Waals surface area (Å²) in [5, 5.41) is 0.568. The zero-order valence-electron chi connectivity index (χ0n) is 11.8. The minimum Gasteiger partial charge on any atom is -0.171 e.